The molecule has 1 aromatic rings. The second kappa shape index (κ2) is 7.27. The molecule has 0 aromatic heterocycles. The van der Waals surface area contributed by atoms with Crippen molar-refractivity contribution in [1.29, 1.82) is 0 Å². The maximum absolute atomic E-state index is 9.32. The van der Waals surface area contributed by atoms with Crippen LogP contribution in [0, 0.1) is 11.8 Å². The Labute approximate surface area is 110 Å². The minimum atomic E-state index is 0.159. The Morgan fingerprint density at radius 2 is 1.83 bits per heavy atom. The lowest BCUT2D eigenvalue weighted by Gasteiger charge is -2.21. The predicted octanol–water partition coefficient (Wildman–Crippen LogP) is 3.15. The highest BCUT2D eigenvalue weighted by atomic mass is 16.5. The quantitative estimate of drug-likeness (QED) is 0.782. The fraction of sp³-hybridized carbons (Fsp3) is 0.600. The highest BCUT2D eigenvalue weighted by Gasteiger charge is 2.13. The van der Waals surface area contributed by atoms with Crippen LogP contribution in [0.15, 0.2) is 24.3 Å². The van der Waals surface area contributed by atoms with Crippen LogP contribution in [-0.4, -0.2) is 24.4 Å². The summed E-state index contributed by atoms with van der Waals surface area (Å²) in [5, 5.41) is 12.7. The Bertz CT molecular complexity index is 350. The molecule has 0 aliphatic carbocycles. The van der Waals surface area contributed by atoms with Crippen molar-refractivity contribution in [1.82, 2.24) is 0 Å². The van der Waals surface area contributed by atoms with Gasteiger partial charge in [-0.15, -0.1) is 0 Å². The third-order valence-corrected chi connectivity index (χ3v) is 2.98. The Hall–Kier alpha value is -1.22. The molecular formula is C15H25NO2. The van der Waals surface area contributed by atoms with Gasteiger partial charge in [0.2, 0.25) is 0 Å². The summed E-state index contributed by atoms with van der Waals surface area (Å²) in [6.07, 6.45) is 0.159. The lowest BCUT2D eigenvalue weighted by molar-refractivity contribution is 0.198. The SMILES string of the molecule is CC(C)Oc1ccccc1NCC(CO)C(C)C. The van der Waals surface area contributed by atoms with Crippen molar-refractivity contribution in [3.05, 3.63) is 24.3 Å². The molecule has 1 aromatic carbocycles. The molecular weight excluding hydrogens is 226 g/mol. The minimum absolute atomic E-state index is 0.159. The molecule has 18 heavy (non-hydrogen) atoms. The first-order valence-corrected chi connectivity index (χ1v) is 6.65. The van der Waals surface area contributed by atoms with E-state index in [0.717, 1.165) is 18.0 Å². The predicted molar refractivity (Wildman–Crippen MR) is 76.1 cm³/mol. The van der Waals surface area contributed by atoms with Crippen LogP contribution in [0.4, 0.5) is 5.69 Å². The third kappa shape index (κ3) is 4.57. The Balaban J connectivity index is 2.66. The molecule has 2 N–H and O–H groups in total. The van der Waals surface area contributed by atoms with Gasteiger partial charge in [-0.1, -0.05) is 26.0 Å². The second-order valence-corrected chi connectivity index (χ2v) is 5.23. The Kier molecular flexibility index (Phi) is 5.99. The van der Waals surface area contributed by atoms with Crippen LogP contribution in [0.3, 0.4) is 0 Å². The average molecular weight is 251 g/mol. The average Bonchev–Trinajstić information content (AvgIpc) is 2.30. The van der Waals surface area contributed by atoms with Crippen molar-refractivity contribution >= 4 is 5.69 Å². The summed E-state index contributed by atoms with van der Waals surface area (Å²) in [4.78, 5) is 0. The number of aliphatic hydroxyl groups is 1. The van der Waals surface area contributed by atoms with Gasteiger partial charge in [0, 0.05) is 19.1 Å². The van der Waals surface area contributed by atoms with E-state index in [-0.39, 0.29) is 18.6 Å². The monoisotopic (exact) mass is 251 g/mol. The topological polar surface area (TPSA) is 41.5 Å². The zero-order chi connectivity index (χ0) is 13.5. The van der Waals surface area contributed by atoms with Gasteiger partial charge in [-0.25, -0.2) is 0 Å². The molecule has 0 aliphatic heterocycles. The lowest BCUT2D eigenvalue weighted by atomic mass is 9.97. The van der Waals surface area contributed by atoms with Crippen molar-refractivity contribution in [2.75, 3.05) is 18.5 Å². The van der Waals surface area contributed by atoms with Gasteiger partial charge in [0.1, 0.15) is 5.75 Å². The van der Waals surface area contributed by atoms with Gasteiger partial charge >= 0.3 is 0 Å². The van der Waals surface area contributed by atoms with Crippen LogP contribution in [0.5, 0.6) is 5.75 Å². The summed E-state index contributed by atoms with van der Waals surface area (Å²) in [5.41, 5.74) is 0.991. The van der Waals surface area contributed by atoms with E-state index in [1.54, 1.807) is 0 Å². The van der Waals surface area contributed by atoms with Gasteiger partial charge in [-0.05, 0) is 31.9 Å². The van der Waals surface area contributed by atoms with Crippen LogP contribution in [0.25, 0.3) is 0 Å². The first-order chi connectivity index (χ1) is 8.54. The second-order valence-electron chi connectivity index (χ2n) is 5.23. The molecule has 0 bridgehead atoms. The summed E-state index contributed by atoms with van der Waals surface area (Å²) < 4.78 is 5.75. The van der Waals surface area contributed by atoms with E-state index >= 15 is 0 Å². The van der Waals surface area contributed by atoms with Crippen LogP contribution in [0.1, 0.15) is 27.7 Å². The van der Waals surface area contributed by atoms with E-state index in [4.69, 9.17) is 4.74 Å². The van der Waals surface area contributed by atoms with Gasteiger partial charge in [0.15, 0.2) is 0 Å². The van der Waals surface area contributed by atoms with Crippen molar-refractivity contribution in [3.8, 4) is 5.75 Å². The summed E-state index contributed by atoms with van der Waals surface area (Å²) in [6, 6.07) is 7.92. The molecule has 0 aliphatic rings. The molecule has 3 nitrogen and oxygen atoms in total. The lowest BCUT2D eigenvalue weighted by Crippen LogP contribution is -2.23. The number of hydrogen-bond acceptors (Lipinski definition) is 3. The summed E-state index contributed by atoms with van der Waals surface area (Å²) in [7, 11) is 0. The van der Waals surface area contributed by atoms with Gasteiger partial charge < -0.3 is 15.2 Å². The summed E-state index contributed by atoms with van der Waals surface area (Å²) in [5.74, 6) is 1.59. The number of para-hydroxylation sites is 2. The Morgan fingerprint density at radius 3 is 2.39 bits per heavy atom. The van der Waals surface area contributed by atoms with E-state index in [9.17, 15) is 5.11 Å². The molecule has 0 fully saturated rings. The van der Waals surface area contributed by atoms with Crippen molar-refractivity contribution in [2.45, 2.75) is 33.8 Å². The van der Waals surface area contributed by atoms with Crippen molar-refractivity contribution in [2.24, 2.45) is 11.8 Å². The molecule has 0 saturated heterocycles. The number of benzene rings is 1. The molecule has 1 unspecified atom stereocenters. The highest BCUT2D eigenvalue weighted by molar-refractivity contribution is 5.56. The number of anilines is 1. The van der Waals surface area contributed by atoms with Crippen LogP contribution >= 0.6 is 0 Å². The van der Waals surface area contributed by atoms with Crippen LogP contribution in [0.2, 0.25) is 0 Å². The molecule has 102 valence electrons. The summed E-state index contributed by atoms with van der Waals surface area (Å²) in [6.45, 7) is 9.24. The molecule has 1 atom stereocenters. The number of aliphatic hydroxyl groups excluding tert-OH is 1. The number of rotatable bonds is 7. The zero-order valence-electron chi connectivity index (χ0n) is 11.8. The van der Waals surface area contributed by atoms with Gasteiger partial charge in [-0.2, -0.15) is 0 Å². The standard InChI is InChI=1S/C15H25NO2/c1-11(2)13(10-17)9-16-14-7-5-6-8-15(14)18-12(3)4/h5-8,11-13,16-17H,9-10H2,1-4H3. The summed E-state index contributed by atoms with van der Waals surface area (Å²) >= 11 is 0. The maximum Gasteiger partial charge on any atom is 0.142 e. The van der Waals surface area contributed by atoms with Gasteiger partial charge in [-0.3, -0.25) is 0 Å². The normalized spacial score (nSPS) is 12.8. The number of ether oxygens (including phenoxy) is 1. The van der Waals surface area contributed by atoms with E-state index in [1.165, 1.54) is 0 Å². The molecule has 0 spiro atoms. The zero-order valence-corrected chi connectivity index (χ0v) is 11.8. The number of hydrogen-bond donors (Lipinski definition) is 2. The molecule has 0 heterocycles. The maximum atomic E-state index is 9.32. The van der Waals surface area contributed by atoms with Crippen molar-refractivity contribution in [3.63, 3.8) is 0 Å². The molecule has 0 radical (unpaired) electrons. The van der Waals surface area contributed by atoms with E-state index < -0.39 is 0 Å². The third-order valence-electron chi connectivity index (χ3n) is 2.98. The highest BCUT2D eigenvalue weighted by Crippen LogP contribution is 2.25. The van der Waals surface area contributed by atoms with Crippen LogP contribution in [-0.2, 0) is 0 Å². The minimum Gasteiger partial charge on any atom is -0.489 e. The fourth-order valence-corrected chi connectivity index (χ4v) is 1.72. The van der Waals surface area contributed by atoms with E-state index in [0.29, 0.717) is 5.92 Å². The van der Waals surface area contributed by atoms with Crippen molar-refractivity contribution < 1.29 is 9.84 Å². The van der Waals surface area contributed by atoms with Crippen LogP contribution < -0.4 is 10.1 Å². The van der Waals surface area contributed by atoms with Gasteiger partial charge in [0.05, 0.1) is 11.8 Å². The van der Waals surface area contributed by atoms with Gasteiger partial charge in [0.25, 0.3) is 0 Å². The van der Waals surface area contributed by atoms with E-state index in [1.807, 2.05) is 38.1 Å². The number of nitrogens with one attached hydrogen (secondary N) is 1. The molecule has 0 saturated carbocycles. The van der Waals surface area contributed by atoms with E-state index in [2.05, 4.69) is 19.2 Å². The largest absolute Gasteiger partial charge is 0.489 e. The fourth-order valence-electron chi connectivity index (χ4n) is 1.72. The first kappa shape index (κ1) is 14.8. The molecule has 3 heteroatoms. The smallest absolute Gasteiger partial charge is 0.142 e. The molecule has 1 rings (SSSR count). The molecule has 0 amide bonds. The Morgan fingerprint density at radius 1 is 1.17 bits per heavy atom. The first-order valence-electron chi connectivity index (χ1n) is 6.65.